The largest absolute Gasteiger partial charge is 0.507 e. The second-order valence-electron chi connectivity index (χ2n) is 7.97. The monoisotopic (exact) mass is 460 g/mol. The van der Waals surface area contributed by atoms with Crippen LogP contribution in [0.15, 0.2) is 77.7 Å². The van der Waals surface area contributed by atoms with E-state index in [1.54, 1.807) is 30.3 Å². The number of phenolic OH excluding ortho intramolecular Hbond substituents is 1. The van der Waals surface area contributed by atoms with E-state index in [0.29, 0.717) is 27.6 Å². The molecule has 0 unspecified atom stereocenters. The summed E-state index contributed by atoms with van der Waals surface area (Å²) in [4.78, 5) is -0.187. The van der Waals surface area contributed by atoms with E-state index in [1.165, 1.54) is 18.2 Å². The summed E-state index contributed by atoms with van der Waals surface area (Å²) in [5.41, 5.74) is 10.3. The van der Waals surface area contributed by atoms with Crippen molar-refractivity contribution in [1.29, 1.82) is 0 Å². The molecule has 1 aliphatic rings. The van der Waals surface area contributed by atoms with Crippen LogP contribution in [0.3, 0.4) is 0 Å². The van der Waals surface area contributed by atoms with E-state index in [4.69, 9.17) is 5.73 Å². The summed E-state index contributed by atoms with van der Waals surface area (Å²) in [5.74, 6) is -0.588. The van der Waals surface area contributed by atoms with Crippen molar-refractivity contribution in [2.24, 2.45) is 0 Å². The Balaban J connectivity index is 1.75. The zero-order valence-electron chi connectivity index (χ0n) is 17.5. The molecule has 4 aromatic carbocycles. The number of nitrogens with one attached hydrogen (secondary N) is 1. The Morgan fingerprint density at radius 2 is 1.76 bits per heavy atom. The molecular weight excluding hydrogens is 439 g/mol. The van der Waals surface area contributed by atoms with Crippen LogP contribution in [-0.4, -0.2) is 13.5 Å². The van der Waals surface area contributed by atoms with Crippen molar-refractivity contribution in [2.45, 2.75) is 17.7 Å². The SMILES string of the molecule is Nc1c(-c2c(O)ccc3c2C=CCC3)cc(NS(=O)(=O)c2cccc(F)c2)c2ccccc12. The van der Waals surface area contributed by atoms with Crippen molar-refractivity contribution in [1.82, 2.24) is 0 Å². The van der Waals surface area contributed by atoms with E-state index in [2.05, 4.69) is 4.72 Å². The van der Waals surface area contributed by atoms with Crippen LogP contribution in [0.2, 0.25) is 0 Å². The van der Waals surface area contributed by atoms with Gasteiger partial charge in [-0.2, -0.15) is 0 Å². The first-order valence-electron chi connectivity index (χ1n) is 10.5. The second-order valence-corrected chi connectivity index (χ2v) is 9.65. The van der Waals surface area contributed by atoms with Crippen molar-refractivity contribution in [3.05, 3.63) is 89.8 Å². The molecule has 5 rings (SSSR count). The second kappa shape index (κ2) is 7.94. The van der Waals surface area contributed by atoms with Crippen LogP contribution >= 0.6 is 0 Å². The molecule has 0 aromatic heterocycles. The van der Waals surface area contributed by atoms with Gasteiger partial charge in [0.1, 0.15) is 11.6 Å². The van der Waals surface area contributed by atoms with E-state index in [0.717, 1.165) is 30.0 Å². The van der Waals surface area contributed by atoms with Crippen molar-refractivity contribution >= 4 is 38.2 Å². The molecule has 0 saturated heterocycles. The Kier molecular flexibility index (Phi) is 5.06. The quantitative estimate of drug-likeness (QED) is 0.341. The highest BCUT2D eigenvalue weighted by Gasteiger charge is 2.22. The molecule has 0 fully saturated rings. The number of aromatic hydroxyl groups is 1. The van der Waals surface area contributed by atoms with Crippen LogP contribution < -0.4 is 10.5 Å². The lowest BCUT2D eigenvalue weighted by Crippen LogP contribution is -2.14. The Bertz CT molecular complexity index is 1550. The summed E-state index contributed by atoms with van der Waals surface area (Å²) >= 11 is 0. The Morgan fingerprint density at radius 3 is 2.55 bits per heavy atom. The van der Waals surface area contributed by atoms with Gasteiger partial charge >= 0.3 is 0 Å². The van der Waals surface area contributed by atoms with Crippen molar-refractivity contribution in [3.8, 4) is 16.9 Å². The number of hydrogen-bond donors (Lipinski definition) is 3. The number of anilines is 2. The number of rotatable bonds is 4. The molecule has 7 heteroatoms. The molecule has 0 spiro atoms. The topological polar surface area (TPSA) is 92.4 Å². The van der Waals surface area contributed by atoms with Gasteiger partial charge in [-0.05, 0) is 54.3 Å². The van der Waals surface area contributed by atoms with E-state index in [1.807, 2.05) is 24.3 Å². The lowest BCUT2D eigenvalue weighted by molar-refractivity contribution is 0.477. The zero-order valence-corrected chi connectivity index (χ0v) is 18.4. The lowest BCUT2D eigenvalue weighted by atomic mass is 9.87. The molecule has 4 N–H and O–H groups in total. The molecule has 5 nitrogen and oxygen atoms in total. The fraction of sp³-hybridized carbons (Fsp3) is 0.0769. The molecule has 0 amide bonds. The smallest absolute Gasteiger partial charge is 0.262 e. The summed E-state index contributed by atoms with van der Waals surface area (Å²) in [7, 11) is -4.07. The van der Waals surface area contributed by atoms with Crippen molar-refractivity contribution in [2.75, 3.05) is 10.5 Å². The van der Waals surface area contributed by atoms with E-state index in [-0.39, 0.29) is 16.3 Å². The van der Waals surface area contributed by atoms with E-state index >= 15 is 0 Å². The minimum absolute atomic E-state index is 0.0567. The molecule has 4 aromatic rings. The van der Waals surface area contributed by atoms with Gasteiger partial charge in [0, 0.05) is 27.6 Å². The number of aryl methyl sites for hydroxylation is 1. The predicted octanol–water partition coefficient (Wildman–Crippen LogP) is 5.69. The summed E-state index contributed by atoms with van der Waals surface area (Å²) in [5, 5.41) is 12.0. The third kappa shape index (κ3) is 3.70. The fourth-order valence-corrected chi connectivity index (χ4v) is 5.41. The molecule has 0 aliphatic heterocycles. The van der Waals surface area contributed by atoms with Gasteiger partial charge in [-0.3, -0.25) is 4.72 Å². The Labute approximate surface area is 191 Å². The average molecular weight is 461 g/mol. The zero-order chi connectivity index (χ0) is 23.2. The number of fused-ring (bicyclic) bond motifs is 2. The van der Waals surface area contributed by atoms with Crippen LogP contribution in [0.25, 0.3) is 28.0 Å². The minimum atomic E-state index is -4.07. The maximum Gasteiger partial charge on any atom is 0.262 e. The molecule has 0 radical (unpaired) electrons. The first kappa shape index (κ1) is 21.0. The minimum Gasteiger partial charge on any atom is -0.507 e. The van der Waals surface area contributed by atoms with Gasteiger partial charge in [-0.1, -0.05) is 48.6 Å². The molecule has 0 bridgehead atoms. The highest BCUT2D eigenvalue weighted by atomic mass is 32.2. The maximum atomic E-state index is 13.7. The lowest BCUT2D eigenvalue weighted by Gasteiger charge is -2.20. The van der Waals surface area contributed by atoms with Gasteiger partial charge < -0.3 is 10.8 Å². The molecule has 166 valence electrons. The van der Waals surface area contributed by atoms with Crippen LogP contribution in [0.5, 0.6) is 5.75 Å². The van der Waals surface area contributed by atoms with Gasteiger partial charge in [0.15, 0.2) is 0 Å². The number of halogens is 1. The van der Waals surface area contributed by atoms with Crippen molar-refractivity contribution < 1.29 is 17.9 Å². The number of nitrogen functional groups attached to an aromatic ring is 1. The number of hydrogen-bond acceptors (Lipinski definition) is 4. The Hall–Kier alpha value is -3.84. The normalized spacial score (nSPS) is 13.1. The maximum absolute atomic E-state index is 13.7. The van der Waals surface area contributed by atoms with E-state index < -0.39 is 15.8 Å². The molecule has 33 heavy (non-hydrogen) atoms. The van der Waals surface area contributed by atoms with Gasteiger partial charge in [0.05, 0.1) is 10.6 Å². The summed E-state index contributed by atoms with van der Waals surface area (Å²) in [6.07, 6.45) is 5.74. The summed E-state index contributed by atoms with van der Waals surface area (Å²) in [6.45, 7) is 0. The highest BCUT2D eigenvalue weighted by Crippen LogP contribution is 2.44. The number of benzene rings is 4. The number of sulfonamides is 1. The molecule has 0 saturated carbocycles. The summed E-state index contributed by atoms with van der Waals surface area (Å²) < 4.78 is 42.4. The fourth-order valence-electron chi connectivity index (χ4n) is 4.31. The van der Waals surface area contributed by atoms with E-state index in [9.17, 15) is 17.9 Å². The third-order valence-corrected chi connectivity index (χ3v) is 7.25. The van der Waals surface area contributed by atoms with Crippen LogP contribution in [0, 0.1) is 5.82 Å². The van der Waals surface area contributed by atoms with Crippen molar-refractivity contribution in [3.63, 3.8) is 0 Å². The first-order valence-corrected chi connectivity index (χ1v) is 11.9. The Morgan fingerprint density at radius 1 is 0.970 bits per heavy atom. The van der Waals surface area contributed by atoms with Crippen LogP contribution in [0.4, 0.5) is 15.8 Å². The van der Waals surface area contributed by atoms with Gasteiger partial charge in [-0.25, -0.2) is 12.8 Å². The van der Waals surface area contributed by atoms with Gasteiger partial charge in [0.2, 0.25) is 0 Å². The van der Waals surface area contributed by atoms with Gasteiger partial charge in [-0.15, -0.1) is 0 Å². The number of allylic oxidation sites excluding steroid dienone is 1. The standard InChI is InChI=1S/C26H21FN2O3S/c27-17-7-5-8-18(14-17)33(31,32)29-23-15-22(26(28)21-11-4-3-10-20(21)23)25-19-9-2-1-6-16(19)12-13-24(25)30/h2-5,7-15,29-30H,1,6,28H2. The highest BCUT2D eigenvalue weighted by molar-refractivity contribution is 7.92. The molecule has 1 aliphatic carbocycles. The third-order valence-electron chi connectivity index (χ3n) is 5.88. The average Bonchev–Trinajstić information content (AvgIpc) is 2.81. The first-order chi connectivity index (χ1) is 15.8. The number of nitrogens with two attached hydrogens (primary N) is 1. The summed E-state index contributed by atoms with van der Waals surface area (Å²) in [6, 6.07) is 17.1. The van der Waals surface area contributed by atoms with Gasteiger partial charge in [0.25, 0.3) is 10.0 Å². The van der Waals surface area contributed by atoms with Crippen LogP contribution in [-0.2, 0) is 16.4 Å². The molecule has 0 heterocycles. The van der Waals surface area contributed by atoms with Crippen LogP contribution in [0.1, 0.15) is 17.5 Å². The number of phenols is 1. The molecular formula is C26H21FN2O3S. The predicted molar refractivity (Wildman–Crippen MR) is 130 cm³/mol. The molecule has 0 atom stereocenters.